The van der Waals surface area contributed by atoms with Crippen LogP contribution in [-0.4, -0.2) is 68.3 Å². The van der Waals surface area contributed by atoms with Crippen LogP contribution in [-0.2, 0) is 23.4 Å². The van der Waals surface area contributed by atoms with Crippen molar-refractivity contribution in [1.29, 1.82) is 0 Å². The van der Waals surface area contributed by atoms with Crippen molar-refractivity contribution in [1.82, 2.24) is 24.7 Å². The Bertz CT molecular complexity index is 1310. The minimum Gasteiger partial charge on any atom is -0.464 e. The molecule has 0 saturated carbocycles. The predicted octanol–water partition coefficient (Wildman–Crippen LogP) is 2.23. The van der Waals surface area contributed by atoms with Crippen LogP contribution >= 0.6 is 7.75 Å². The lowest BCUT2D eigenvalue weighted by atomic mass is 9.93. The number of rotatable bonds is 11. The molecular weight excluding hydrogens is 522 g/mol. The number of anilines is 1. The summed E-state index contributed by atoms with van der Waals surface area (Å²) in [6.07, 6.45) is -1.91. The topological polar surface area (TPSA) is 172 Å². The van der Waals surface area contributed by atoms with Gasteiger partial charge in [-0.2, -0.15) is 5.10 Å². The number of carbonyl (C=O) groups is 1. The van der Waals surface area contributed by atoms with Gasteiger partial charge in [-0.1, -0.05) is 32.0 Å². The Kier molecular flexibility index (Phi) is 8.28. The normalized spacial score (nSPS) is 24.9. The third kappa shape index (κ3) is 5.94. The molecule has 1 aromatic carbocycles. The van der Waals surface area contributed by atoms with Crippen molar-refractivity contribution in [3.05, 3.63) is 48.5 Å². The number of halogens is 1. The molecule has 1 saturated heterocycles. The first-order valence-electron chi connectivity index (χ1n) is 11.9. The van der Waals surface area contributed by atoms with Gasteiger partial charge in [0.05, 0.1) is 24.4 Å². The molecule has 0 radical (unpaired) electrons. The highest BCUT2D eigenvalue weighted by Crippen LogP contribution is 2.47. The number of aromatic nitrogens is 4. The predicted molar refractivity (Wildman–Crippen MR) is 133 cm³/mol. The van der Waals surface area contributed by atoms with E-state index in [1.165, 1.54) is 24.0 Å². The van der Waals surface area contributed by atoms with E-state index in [1.807, 2.05) is 0 Å². The first kappa shape index (κ1) is 27.9. The van der Waals surface area contributed by atoms with Crippen LogP contribution < -0.4 is 15.3 Å². The number of fused-ring (bicyclic) bond motifs is 1. The number of nitrogens with two attached hydrogens (primary N) is 1. The number of nitrogens with zero attached hydrogens (tertiary/aromatic N) is 4. The number of hydrogen-bond acceptors (Lipinski definition) is 11. The third-order valence-corrected chi connectivity index (χ3v) is 7.47. The van der Waals surface area contributed by atoms with Gasteiger partial charge in [0.15, 0.2) is 17.6 Å². The molecule has 5 unspecified atom stereocenters. The molecule has 0 amide bonds. The van der Waals surface area contributed by atoms with Crippen LogP contribution in [0.25, 0.3) is 5.65 Å². The lowest BCUT2D eigenvalue weighted by Crippen LogP contribution is -2.44. The van der Waals surface area contributed by atoms with E-state index in [0.717, 1.165) is 0 Å². The second kappa shape index (κ2) is 11.3. The number of carbonyl (C=O) groups excluding carboxylic acids is 1. The molecule has 1 fully saturated rings. The highest BCUT2D eigenvalue weighted by molar-refractivity contribution is 7.52. The molecule has 1 aliphatic rings. The molecule has 1 aliphatic heterocycles. The largest absolute Gasteiger partial charge is 0.464 e. The number of alkyl halides is 1. The second-order valence-electron chi connectivity index (χ2n) is 9.16. The summed E-state index contributed by atoms with van der Waals surface area (Å²) in [4.78, 5) is 19.7. The summed E-state index contributed by atoms with van der Waals surface area (Å²) in [5.74, 6) is -0.402. The zero-order valence-electron chi connectivity index (χ0n) is 21.1. The number of ether oxygens (including phenoxy) is 2. The summed E-state index contributed by atoms with van der Waals surface area (Å²) in [5.41, 5.74) is 4.19. The SMILES string of the molecule is CC(C)C(=O)OCCNP(=O)(OCC1OC(c2cnc3c(N)ncnn23)C(F)C1(C)O)Oc1ccccc1. The first-order chi connectivity index (χ1) is 18.0. The number of aliphatic hydroxyl groups is 1. The molecule has 3 heterocycles. The Morgan fingerprint density at radius 2 is 2.08 bits per heavy atom. The molecule has 4 N–H and O–H groups in total. The Morgan fingerprint density at radius 1 is 1.34 bits per heavy atom. The summed E-state index contributed by atoms with van der Waals surface area (Å²) in [5, 5.41) is 17.6. The van der Waals surface area contributed by atoms with E-state index in [4.69, 9.17) is 24.3 Å². The number of nitrogens with one attached hydrogen (secondary N) is 1. The first-order valence-corrected chi connectivity index (χ1v) is 13.4. The maximum Gasteiger partial charge on any atom is 0.458 e. The van der Waals surface area contributed by atoms with E-state index in [1.54, 1.807) is 44.2 Å². The van der Waals surface area contributed by atoms with Crippen molar-refractivity contribution in [2.75, 3.05) is 25.5 Å². The van der Waals surface area contributed by atoms with Gasteiger partial charge in [0, 0.05) is 6.54 Å². The minimum atomic E-state index is -4.09. The van der Waals surface area contributed by atoms with Crippen LogP contribution in [0.3, 0.4) is 0 Å². The van der Waals surface area contributed by atoms with Crippen LogP contribution in [0.4, 0.5) is 10.2 Å². The van der Waals surface area contributed by atoms with Crippen molar-refractivity contribution in [2.24, 2.45) is 5.92 Å². The van der Waals surface area contributed by atoms with E-state index in [2.05, 4.69) is 20.2 Å². The van der Waals surface area contributed by atoms with Crippen molar-refractivity contribution < 1.29 is 37.4 Å². The molecule has 3 aromatic rings. The van der Waals surface area contributed by atoms with Crippen molar-refractivity contribution >= 4 is 25.2 Å². The van der Waals surface area contributed by atoms with E-state index in [0.29, 0.717) is 0 Å². The van der Waals surface area contributed by atoms with Crippen molar-refractivity contribution in [3.8, 4) is 5.75 Å². The third-order valence-electron chi connectivity index (χ3n) is 5.92. The highest BCUT2D eigenvalue weighted by atomic mass is 31.2. The fraction of sp³-hybridized carbons (Fsp3) is 0.478. The van der Waals surface area contributed by atoms with Gasteiger partial charge in [-0.15, -0.1) is 0 Å². The Balaban J connectivity index is 1.48. The van der Waals surface area contributed by atoms with Gasteiger partial charge in [0.2, 0.25) is 0 Å². The number of esters is 1. The Labute approximate surface area is 218 Å². The van der Waals surface area contributed by atoms with Gasteiger partial charge < -0.3 is 24.8 Å². The van der Waals surface area contributed by atoms with E-state index in [-0.39, 0.29) is 42.0 Å². The fourth-order valence-corrected chi connectivity index (χ4v) is 5.04. The summed E-state index contributed by atoms with van der Waals surface area (Å²) in [7, 11) is -4.09. The maximum atomic E-state index is 15.5. The molecule has 206 valence electrons. The van der Waals surface area contributed by atoms with Crippen LogP contribution in [0, 0.1) is 5.92 Å². The summed E-state index contributed by atoms with van der Waals surface area (Å²) < 4.78 is 52.4. The molecule has 2 aromatic heterocycles. The zero-order chi connectivity index (χ0) is 27.5. The Morgan fingerprint density at radius 3 is 2.79 bits per heavy atom. The van der Waals surface area contributed by atoms with E-state index < -0.39 is 44.3 Å². The van der Waals surface area contributed by atoms with Gasteiger partial charge in [-0.05, 0) is 19.1 Å². The molecular formula is C23H30FN6O7P. The summed E-state index contributed by atoms with van der Waals surface area (Å²) >= 11 is 0. The average molecular weight is 553 g/mol. The van der Waals surface area contributed by atoms with Crippen LogP contribution in [0.2, 0.25) is 0 Å². The molecule has 0 aliphatic carbocycles. The minimum absolute atomic E-state index is 0.0538. The van der Waals surface area contributed by atoms with Gasteiger partial charge in [-0.3, -0.25) is 9.32 Å². The quantitative estimate of drug-likeness (QED) is 0.180. The van der Waals surface area contributed by atoms with E-state index in [9.17, 15) is 14.5 Å². The molecule has 4 rings (SSSR count). The number of nitrogen functional groups attached to an aromatic ring is 1. The van der Waals surface area contributed by atoms with Crippen LogP contribution in [0.15, 0.2) is 42.9 Å². The summed E-state index contributed by atoms with van der Waals surface area (Å²) in [6.45, 7) is 3.99. The molecule has 38 heavy (non-hydrogen) atoms. The Hall–Kier alpha value is -3.16. The van der Waals surface area contributed by atoms with Crippen LogP contribution in [0.5, 0.6) is 5.75 Å². The molecule has 13 nitrogen and oxygen atoms in total. The average Bonchev–Trinajstić information content (AvgIpc) is 3.40. The second-order valence-corrected chi connectivity index (χ2v) is 10.9. The number of imidazole rings is 1. The number of hydrogen-bond donors (Lipinski definition) is 3. The molecule has 5 atom stereocenters. The highest BCUT2D eigenvalue weighted by Gasteiger charge is 2.55. The smallest absolute Gasteiger partial charge is 0.458 e. The van der Waals surface area contributed by atoms with Gasteiger partial charge in [0.1, 0.15) is 36.5 Å². The van der Waals surface area contributed by atoms with E-state index >= 15 is 4.39 Å². The zero-order valence-corrected chi connectivity index (χ0v) is 22.0. The maximum absolute atomic E-state index is 15.5. The fourth-order valence-electron chi connectivity index (χ4n) is 3.73. The van der Waals surface area contributed by atoms with Crippen molar-refractivity contribution in [3.63, 3.8) is 0 Å². The standard InChI is InChI=1S/C23H30FN6O7P/c1-14(2)22(31)34-10-9-29-38(33,37-15-7-5-4-6-8-15)35-12-17-23(3,32)19(24)18(36-17)16-11-26-21-20(25)27-13-28-30(16)21/h4-8,11,13-14,17-19,32H,9-10,12H2,1-3H3,(H,29,33)(H2,25,27,28). The summed E-state index contributed by atoms with van der Waals surface area (Å²) in [6, 6.07) is 8.26. The molecule has 0 bridgehead atoms. The molecule has 15 heteroatoms. The number of benzene rings is 1. The van der Waals surface area contributed by atoms with Gasteiger partial charge in [-0.25, -0.2) is 28.5 Å². The monoisotopic (exact) mass is 552 g/mol. The lowest BCUT2D eigenvalue weighted by molar-refractivity contribution is -0.147. The van der Waals surface area contributed by atoms with Gasteiger partial charge >= 0.3 is 13.7 Å². The lowest BCUT2D eigenvalue weighted by Gasteiger charge is -2.27. The van der Waals surface area contributed by atoms with Gasteiger partial charge in [0.25, 0.3) is 0 Å². The van der Waals surface area contributed by atoms with Crippen molar-refractivity contribution in [2.45, 2.75) is 44.8 Å². The van der Waals surface area contributed by atoms with Crippen LogP contribution in [0.1, 0.15) is 32.6 Å². The number of para-hydroxylation sites is 1. The molecule has 0 spiro atoms.